The van der Waals surface area contributed by atoms with Gasteiger partial charge in [0.2, 0.25) is 0 Å². The van der Waals surface area contributed by atoms with Gasteiger partial charge in [-0.05, 0) is 13.3 Å². The highest BCUT2D eigenvalue weighted by atomic mass is 32.2. The Hall–Kier alpha value is -1.41. The van der Waals surface area contributed by atoms with Crippen molar-refractivity contribution in [1.82, 2.24) is 14.7 Å². The van der Waals surface area contributed by atoms with Crippen LogP contribution in [-0.4, -0.2) is 66.8 Å². The molecule has 116 valence electrons. The van der Waals surface area contributed by atoms with Crippen molar-refractivity contribution >= 4 is 15.7 Å². The largest absolute Gasteiger partial charge is 0.378 e. The predicted octanol–water partition coefficient (Wildman–Crippen LogP) is 0.0235. The summed E-state index contributed by atoms with van der Waals surface area (Å²) in [6.07, 6.45) is 2.12. The van der Waals surface area contributed by atoms with Crippen LogP contribution in [-0.2, 0) is 14.6 Å². The third-order valence-electron chi connectivity index (χ3n) is 4.13. The van der Waals surface area contributed by atoms with Crippen molar-refractivity contribution < 1.29 is 17.9 Å². The average Bonchev–Trinajstić information content (AvgIpc) is 3.01. The summed E-state index contributed by atoms with van der Waals surface area (Å²) in [5, 5.41) is 4.25. The number of ether oxygens (including phenoxy) is 1. The molecule has 7 nitrogen and oxygen atoms in total. The third-order valence-corrected chi connectivity index (χ3v) is 5.88. The smallest absolute Gasteiger partial charge is 0.257 e. The molecular formula is C13H19N3O4S. The number of carbonyl (C=O) groups excluding carboxylic acids is 1. The first kappa shape index (κ1) is 14.5. The van der Waals surface area contributed by atoms with Crippen molar-refractivity contribution in [2.45, 2.75) is 19.4 Å². The fraction of sp³-hybridized carbons (Fsp3) is 0.692. The van der Waals surface area contributed by atoms with Crippen LogP contribution >= 0.6 is 0 Å². The molecule has 8 heteroatoms. The molecule has 2 saturated heterocycles. The van der Waals surface area contributed by atoms with Crippen molar-refractivity contribution in [3.8, 4) is 0 Å². The van der Waals surface area contributed by atoms with Crippen molar-refractivity contribution in [3.05, 3.63) is 17.5 Å². The molecule has 1 unspecified atom stereocenters. The summed E-state index contributed by atoms with van der Waals surface area (Å²) in [6.45, 7) is 4.10. The predicted molar refractivity (Wildman–Crippen MR) is 76.0 cm³/mol. The summed E-state index contributed by atoms with van der Waals surface area (Å²) in [6, 6.07) is -0.152. The van der Waals surface area contributed by atoms with E-state index in [-0.39, 0.29) is 23.5 Å². The Morgan fingerprint density at radius 1 is 1.38 bits per heavy atom. The lowest BCUT2D eigenvalue weighted by molar-refractivity contribution is 0.0302. The van der Waals surface area contributed by atoms with Gasteiger partial charge in [-0.25, -0.2) is 8.42 Å². The van der Waals surface area contributed by atoms with E-state index in [4.69, 9.17) is 4.74 Å². The second-order valence-electron chi connectivity index (χ2n) is 5.55. The molecule has 0 aromatic carbocycles. The molecule has 0 aliphatic carbocycles. The summed E-state index contributed by atoms with van der Waals surface area (Å²) in [5.41, 5.74) is 1.30. The van der Waals surface area contributed by atoms with Crippen molar-refractivity contribution in [2.24, 2.45) is 0 Å². The maximum atomic E-state index is 12.5. The van der Waals surface area contributed by atoms with Crippen molar-refractivity contribution in [1.29, 1.82) is 0 Å². The molecule has 21 heavy (non-hydrogen) atoms. The second-order valence-corrected chi connectivity index (χ2v) is 7.78. The minimum Gasteiger partial charge on any atom is -0.378 e. The van der Waals surface area contributed by atoms with Crippen LogP contribution in [0.2, 0.25) is 0 Å². The molecule has 0 bridgehead atoms. The van der Waals surface area contributed by atoms with Gasteiger partial charge in [0.25, 0.3) is 5.91 Å². The van der Waals surface area contributed by atoms with Crippen molar-refractivity contribution in [3.63, 3.8) is 0 Å². The van der Waals surface area contributed by atoms with Gasteiger partial charge in [-0.1, -0.05) is 0 Å². The molecule has 0 saturated carbocycles. The summed E-state index contributed by atoms with van der Waals surface area (Å²) in [4.78, 5) is 14.2. The highest BCUT2D eigenvalue weighted by Gasteiger charge is 2.32. The number of sulfone groups is 1. The Kier molecular flexibility index (Phi) is 3.75. The first-order chi connectivity index (χ1) is 9.98. The number of amides is 1. The number of morpholine rings is 1. The number of hydrogen-bond donors (Lipinski definition) is 0. The Bertz CT molecular complexity index is 646. The minimum atomic E-state index is -2.96. The van der Waals surface area contributed by atoms with Gasteiger partial charge in [-0.2, -0.15) is 5.10 Å². The van der Waals surface area contributed by atoms with Crippen LogP contribution in [0.5, 0.6) is 0 Å². The molecule has 1 amide bonds. The number of rotatable bonds is 2. The maximum Gasteiger partial charge on any atom is 0.257 e. The molecule has 2 aliphatic rings. The fourth-order valence-corrected chi connectivity index (χ4v) is 4.60. The Morgan fingerprint density at radius 3 is 2.71 bits per heavy atom. The standard InChI is InChI=1S/C13H19N3O4S/c1-10-12(13(17)15-3-5-20-6-4-15)8-14-16(10)11-2-7-21(18,19)9-11/h8,11H,2-7,9H2,1H3. The van der Waals surface area contributed by atoms with Gasteiger partial charge in [0.1, 0.15) is 0 Å². The molecule has 1 atom stereocenters. The maximum absolute atomic E-state index is 12.5. The van der Waals surface area contributed by atoms with Gasteiger partial charge in [-0.3, -0.25) is 9.48 Å². The Labute approximate surface area is 123 Å². The SMILES string of the molecule is Cc1c(C(=O)N2CCOCC2)cnn1C1CCS(=O)(=O)C1. The zero-order chi connectivity index (χ0) is 15.0. The monoisotopic (exact) mass is 313 g/mol. The van der Waals surface area contributed by atoms with Gasteiger partial charge in [0.05, 0.1) is 42.5 Å². The molecule has 0 radical (unpaired) electrons. The van der Waals surface area contributed by atoms with Crippen LogP contribution in [0.3, 0.4) is 0 Å². The quantitative estimate of drug-likeness (QED) is 0.769. The zero-order valence-electron chi connectivity index (χ0n) is 12.0. The molecule has 1 aromatic heterocycles. The van der Waals surface area contributed by atoms with Crippen molar-refractivity contribution in [2.75, 3.05) is 37.8 Å². The van der Waals surface area contributed by atoms with Crippen LogP contribution < -0.4 is 0 Å². The normalized spacial score (nSPS) is 25.2. The number of hydrogen-bond acceptors (Lipinski definition) is 5. The van der Waals surface area contributed by atoms with E-state index in [1.54, 1.807) is 15.8 Å². The topological polar surface area (TPSA) is 81.5 Å². The first-order valence-electron chi connectivity index (χ1n) is 7.09. The highest BCUT2D eigenvalue weighted by Crippen LogP contribution is 2.25. The van der Waals surface area contributed by atoms with E-state index in [1.807, 2.05) is 6.92 Å². The van der Waals surface area contributed by atoms with E-state index >= 15 is 0 Å². The minimum absolute atomic E-state index is 0.0529. The van der Waals surface area contributed by atoms with Gasteiger partial charge < -0.3 is 9.64 Å². The number of nitrogens with zero attached hydrogens (tertiary/aromatic N) is 3. The first-order valence-corrected chi connectivity index (χ1v) is 8.91. The summed E-state index contributed by atoms with van der Waals surface area (Å²) >= 11 is 0. The van der Waals surface area contributed by atoms with Crippen LogP contribution in [0.4, 0.5) is 0 Å². The Morgan fingerprint density at radius 2 is 2.10 bits per heavy atom. The molecule has 3 rings (SSSR count). The van der Waals surface area contributed by atoms with Gasteiger partial charge in [-0.15, -0.1) is 0 Å². The lowest BCUT2D eigenvalue weighted by Gasteiger charge is -2.26. The molecular weight excluding hydrogens is 294 g/mol. The molecule has 0 spiro atoms. The number of aromatic nitrogens is 2. The fourth-order valence-electron chi connectivity index (χ4n) is 2.91. The number of carbonyl (C=O) groups is 1. The van der Waals surface area contributed by atoms with Gasteiger partial charge in [0.15, 0.2) is 9.84 Å². The lowest BCUT2D eigenvalue weighted by atomic mass is 10.2. The zero-order valence-corrected chi connectivity index (χ0v) is 12.8. The van der Waals surface area contributed by atoms with E-state index in [0.717, 1.165) is 5.69 Å². The summed E-state index contributed by atoms with van der Waals surface area (Å²) in [5.74, 6) is 0.257. The Balaban J connectivity index is 1.81. The van der Waals surface area contributed by atoms with E-state index in [1.165, 1.54) is 0 Å². The van der Waals surface area contributed by atoms with E-state index in [2.05, 4.69) is 5.10 Å². The second kappa shape index (κ2) is 5.42. The average molecular weight is 313 g/mol. The van der Waals surface area contributed by atoms with Gasteiger partial charge >= 0.3 is 0 Å². The molecule has 0 N–H and O–H groups in total. The lowest BCUT2D eigenvalue weighted by Crippen LogP contribution is -2.40. The molecule has 2 fully saturated rings. The van der Waals surface area contributed by atoms with E-state index in [0.29, 0.717) is 38.3 Å². The van der Waals surface area contributed by atoms with E-state index < -0.39 is 9.84 Å². The van der Waals surface area contributed by atoms with Gasteiger partial charge in [0, 0.05) is 18.8 Å². The van der Waals surface area contributed by atoms with Crippen LogP contribution in [0, 0.1) is 6.92 Å². The highest BCUT2D eigenvalue weighted by molar-refractivity contribution is 7.91. The molecule has 2 aliphatic heterocycles. The summed E-state index contributed by atoms with van der Waals surface area (Å²) in [7, 11) is -2.96. The third kappa shape index (κ3) is 2.82. The van der Waals surface area contributed by atoms with Crippen LogP contribution in [0.25, 0.3) is 0 Å². The molecule has 1 aromatic rings. The summed E-state index contributed by atoms with van der Waals surface area (Å²) < 4.78 is 30.1. The van der Waals surface area contributed by atoms with E-state index in [9.17, 15) is 13.2 Å². The molecule has 3 heterocycles. The van der Waals surface area contributed by atoms with Crippen LogP contribution in [0.15, 0.2) is 6.20 Å². The van der Waals surface area contributed by atoms with Crippen LogP contribution in [0.1, 0.15) is 28.5 Å².